The summed E-state index contributed by atoms with van der Waals surface area (Å²) in [6.45, 7) is 8.69. The van der Waals surface area contributed by atoms with Gasteiger partial charge in [0.15, 0.2) is 0 Å². The molecule has 4 nitrogen and oxygen atoms in total. The van der Waals surface area contributed by atoms with Crippen LogP contribution in [0.1, 0.15) is 59.3 Å². The van der Waals surface area contributed by atoms with Crippen molar-refractivity contribution in [2.24, 2.45) is 5.92 Å². The lowest BCUT2D eigenvalue weighted by Crippen LogP contribution is -2.51. The third kappa shape index (κ3) is 4.68. The fourth-order valence-corrected chi connectivity index (χ4v) is 3.42. The van der Waals surface area contributed by atoms with Crippen LogP contribution >= 0.6 is 0 Å². The second-order valence-electron chi connectivity index (χ2n) is 7.18. The third-order valence-electron chi connectivity index (χ3n) is 4.73. The number of likely N-dealkylation sites (tertiary alicyclic amines) is 1. The average Bonchev–Trinajstić information content (AvgIpc) is 3.28. The topological polar surface area (TPSA) is 43.8 Å². The Morgan fingerprint density at radius 1 is 1.29 bits per heavy atom. The highest BCUT2D eigenvalue weighted by Crippen LogP contribution is 2.28. The Bertz CT molecular complexity index is 342. The van der Waals surface area contributed by atoms with Gasteiger partial charge < -0.3 is 10.0 Å². The second kappa shape index (κ2) is 7.59. The maximum absolute atomic E-state index is 12.7. The molecule has 1 aliphatic carbocycles. The lowest BCUT2D eigenvalue weighted by molar-refractivity contribution is -0.135. The molecule has 1 heterocycles. The van der Waals surface area contributed by atoms with E-state index in [1.165, 1.54) is 19.3 Å². The molecule has 4 heteroatoms. The van der Waals surface area contributed by atoms with Gasteiger partial charge in [-0.25, -0.2) is 0 Å². The number of nitrogens with zero attached hydrogens (tertiary/aromatic N) is 2. The van der Waals surface area contributed by atoms with E-state index >= 15 is 0 Å². The molecular weight excluding hydrogens is 264 g/mol. The molecular formula is C17H32N2O2. The largest absolute Gasteiger partial charge is 0.392 e. The Morgan fingerprint density at radius 3 is 2.57 bits per heavy atom. The van der Waals surface area contributed by atoms with E-state index in [2.05, 4.69) is 23.6 Å². The zero-order chi connectivity index (χ0) is 15.4. The molecule has 2 unspecified atom stereocenters. The quantitative estimate of drug-likeness (QED) is 0.784. The van der Waals surface area contributed by atoms with E-state index in [9.17, 15) is 9.90 Å². The van der Waals surface area contributed by atoms with Gasteiger partial charge in [-0.3, -0.25) is 9.69 Å². The Kier molecular flexibility index (Phi) is 6.06. The van der Waals surface area contributed by atoms with Crippen molar-refractivity contribution >= 4 is 5.91 Å². The summed E-state index contributed by atoms with van der Waals surface area (Å²) >= 11 is 0. The molecule has 122 valence electrons. The molecule has 1 saturated heterocycles. The molecule has 2 atom stereocenters. The van der Waals surface area contributed by atoms with Crippen LogP contribution in [0, 0.1) is 5.92 Å². The predicted molar refractivity (Wildman–Crippen MR) is 85.1 cm³/mol. The van der Waals surface area contributed by atoms with Crippen LogP contribution in [0.15, 0.2) is 0 Å². The summed E-state index contributed by atoms with van der Waals surface area (Å²) in [5.74, 6) is 0.786. The van der Waals surface area contributed by atoms with E-state index in [0.29, 0.717) is 18.5 Å². The summed E-state index contributed by atoms with van der Waals surface area (Å²) in [6.07, 6.45) is 6.15. The van der Waals surface area contributed by atoms with Crippen molar-refractivity contribution in [3.63, 3.8) is 0 Å². The predicted octanol–water partition coefficient (Wildman–Crippen LogP) is 2.26. The summed E-state index contributed by atoms with van der Waals surface area (Å²) in [7, 11) is 0. The van der Waals surface area contributed by atoms with Gasteiger partial charge in [0.2, 0.25) is 5.91 Å². The number of aliphatic hydroxyl groups excluding tert-OH is 1. The highest BCUT2D eigenvalue weighted by Gasteiger charge is 2.35. The first kappa shape index (κ1) is 16.8. The molecule has 1 amide bonds. The summed E-state index contributed by atoms with van der Waals surface area (Å²) < 4.78 is 0. The van der Waals surface area contributed by atoms with Crippen molar-refractivity contribution in [2.75, 3.05) is 19.6 Å². The summed E-state index contributed by atoms with van der Waals surface area (Å²) in [5, 5.41) is 10.2. The fourth-order valence-electron chi connectivity index (χ4n) is 3.42. The van der Waals surface area contributed by atoms with E-state index in [1.54, 1.807) is 0 Å². The van der Waals surface area contributed by atoms with Crippen LogP contribution in [0.4, 0.5) is 0 Å². The Hall–Kier alpha value is -0.610. The molecule has 21 heavy (non-hydrogen) atoms. The van der Waals surface area contributed by atoms with Crippen LogP contribution < -0.4 is 0 Å². The van der Waals surface area contributed by atoms with Crippen LogP contribution in [0.2, 0.25) is 0 Å². The smallest absolute Gasteiger partial charge is 0.237 e. The molecule has 0 spiro atoms. The highest BCUT2D eigenvalue weighted by atomic mass is 16.3. The number of carbonyl (C=O) groups excluding carboxylic acids is 1. The maximum atomic E-state index is 12.7. The molecule has 1 N–H and O–H groups in total. The second-order valence-corrected chi connectivity index (χ2v) is 7.18. The fraction of sp³-hybridized carbons (Fsp3) is 0.941. The van der Waals surface area contributed by atoms with Gasteiger partial charge in [-0.05, 0) is 44.6 Å². The van der Waals surface area contributed by atoms with Crippen molar-refractivity contribution in [3.05, 3.63) is 0 Å². The zero-order valence-corrected chi connectivity index (χ0v) is 13.9. The first-order chi connectivity index (χ1) is 10.0. The van der Waals surface area contributed by atoms with Crippen molar-refractivity contribution in [2.45, 2.75) is 77.5 Å². The van der Waals surface area contributed by atoms with E-state index in [1.807, 2.05) is 6.92 Å². The Balaban J connectivity index is 1.95. The van der Waals surface area contributed by atoms with Gasteiger partial charge in [0.1, 0.15) is 0 Å². The Morgan fingerprint density at radius 2 is 2.00 bits per heavy atom. The van der Waals surface area contributed by atoms with Gasteiger partial charge in [0, 0.05) is 18.6 Å². The average molecular weight is 296 g/mol. The molecule has 0 radical (unpaired) electrons. The summed E-state index contributed by atoms with van der Waals surface area (Å²) in [6, 6.07) is 0.659. The zero-order valence-electron chi connectivity index (χ0n) is 13.9. The van der Waals surface area contributed by atoms with Crippen LogP contribution in [0.5, 0.6) is 0 Å². The van der Waals surface area contributed by atoms with Crippen molar-refractivity contribution < 1.29 is 9.90 Å². The molecule has 2 fully saturated rings. The first-order valence-corrected chi connectivity index (χ1v) is 8.74. The van der Waals surface area contributed by atoms with Crippen LogP contribution in [0.3, 0.4) is 0 Å². The molecule has 2 aliphatic rings. The van der Waals surface area contributed by atoms with Crippen molar-refractivity contribution in [1.82, 2.24) is 9.80 Å². The first-order valence-electron chi connectivity index (χ1n) is 8.74. The van der Waals surface area contributed by atoms with E-state index in [0.717, 1.165) is 32.4 Å². The minimum absolute atomic E-state index is 0.174. The van der Waals surface area contributed by atoms with E-state index in [-0.39, 0.29) is 18.1 Å². The normalized spacial score (nSPS) is 25.1. The number of rotatable bonds is 7. The maximum Gasteiger partial charge on any atom is 0.237 e. The van der Waals surface area contributed by atoms with Crippen molar-refractivity contribution in [1.29, 1.82) is 0 Å². The van der Waals surface area contributed by atoms with Gasteiger partial charge in [0.25, 0.3) is 0 Å². The number of piperidine rings is 1. The summed E-state index contributed by atoms with van der Waals surface area (Å²) in [4.78, 5) is 17.0. The van der Waals surface area contributed by atoms with Gasteiger partial charge in [-0.2, -0.15) is 0 Å². The van der Waals surface area contributed by atoms with E-state index < -0.39 is 0 Å². The molecule has 1 saturated carbocycles. The van der Waals surface area contributed by atoms with E-state index in [4.69, 9.17) is 0 Å². The third-order valence-corrected chi connectivity index (χ3v) is 4.73. The van der Waals surface area contributed by atoms with Crippen LogP contribution in [0.25, 0.3) is 0 Å². The monoisotopic (exact) mass is 296 g/mol. The van der Waals surface area contributed by atoms with Gasteiger partial charge >= 0.3 is 0 Å². The van der Waals surface area contributed by atoms with Crippen LogP contribution in [-0.2, 0) is 4.79 Å². The molecule has 0 aromatic carbocycles. The number of amides is 1. The molecule has 0 aromatic rings. The standard InChI is InChI=1S/C17H32N2O2/c1-4-16(20)15-7-5-6-10-18(15)12-17(21)19(11-13(2)3)14-8-9-14/h13-16,20H,4-12H2,1-3H3. The lowest BCUT2D eigenvalue weighted by atomic mass is 9.96. The van der Waals surface area contributed by atoms with Gasteiger partial charge in [-0.1, -0.05) is 27.2 Å². The lowest BCUT2D eigenvalue weighted by Gasteiger charge is -2.39. The number of hydrogen-bond donors (Lipinski definition) is 1. The summed E-state index contributed by atoms with van der Waals surface area (Å²) in [5.41, 5.74) is 0. The number of hydrogen-bond acceptors (Lipinski definition) is 3. The highest BCUT2D eigenvalue weighted by molar-refractivity contribution is 5.79. The SMILES string of the molecule is CCC(O)C1CCCCN1CC(=O)N(CC(C)C)C1CC1. The van der Waals surface area contributed by atoms with Crippen molar-refractivity contribution in [3.8, 4) is 0 Å². The number of aliphatic hydroxyl groups is 1. The minimum Gasteiger partial charge on any atom is -0.392 e. The molecule has 0 aromatic heterocycles. The molecule has 2 rings (SSSR count). The molecule has 1 aliphatic heterocycles. The minimum atomic E-state index is -0.294. The van der Waals surface area contributed by atoms with Crippen LogP contribution in [-0.4, -0.2) is 58.6 Å². The van der Waals surface area contributed by atoms with Gasteiger partial charge in [0.05, 0.1) is 12.6 Å². The number of carbonyl (C=O) groups is 1. The van der Waals surface area contributed by atoms with Gasteiger partial charge in [-0.15, -0.1) is 0 Å². The molecule has 0 bridgehead atoms. The Labute approximate surface area is 129 Å².